The molecule has 0 radical (unpaired) electrons. The van der Waals surface area contributed by atoms with E-state index in [-0.39, 0.29) is 5.56 Å². The van der Waals surface area contributed by atoms with E-state index < -0.39 is 5.97 Å². The standard InChI is InChI=1S/C19H17N3O4/c23-19(24)15-3-5-16(6-4-15)21-22(25)17-7-9-18(10-8-17)26-13-14-2-1-11-20-12-14/h1-12,21,25H,13H2,(H,23,24)/p-1. The number of aromatic nitrogens is 1. The molecule has 1 aromatic heterocycles. The third-order valence-electron chi connectivity index (χ3n) is 3.57. The van der Waals surface area contributed by atoms with E-state index in [1.54, 1.807) is 36.7 Å². The number of nitrogens with zero attached hydrogens (tertiary/aromatic N) is 2. The van der Waals surface area contributed by atoms with Crippen LogP contribution in [0.15, 0.2) is 73.1 Å². The Hall–Kier alpha value is -3.58. The number of benzene rings is 2. The molecule has 3 rings (SSSR count). The van der Waals surface area contributed by atoms with Crippen LogP contribution in [0.5, 0.6) is 5.75 Å². The van der Waals surface area contributed by atoms with E-state index in [0.717, 1.165) is 10.7 Å². The van der Waals surface area contributed by atoms with E-state index in [1.165, 1.54) is 24.3 Å². The van der Waals surface area contributed by atoms with Crippen LogP contribution in [0.3, 0.4) is 0 Å². The molecule has 0 unspecified atom stereocenters. The summed E-state index contributed by atoms with van der Waals surface area (Å²) in [5.41, 5.74) is 4.76. The number of carboxylic acids is 1. The monoisotopic (exact) mass is 350 g/mol. The van der Waals surface area contributed by atoms with Gasteiger partial charge in [0.05, 0.1) is 17.3 Å². The zero-order valence-corrected chi connectivity index (χ0v) is 13.7. The van der Waals surface area contributed by atoms with Crippen molar-refractivity contribution in [2.75, 3.05) is 10.6 Å². The summed E-state index contributed by atoms with van der Waals surface area (Å²) in [7, 11) is 0. The van der Waals surface area contributed by atoms with Crippen molar-refractivity contribution in [3.63, 3.8) is 0 Å². The van der Waals surface area contributed by atoms with Crippen molar-refractivity contribution in [3.05, 3.63) is 84.2 Å². The maximum atomic E-state index is 10.7. The molecule has 0 saturated carbocycles. The highest BCUT2D eigenvalue weighted by Gasteiger charge is 2.04. The average Bonchev–Trinajstić information content (AvgIpc) is 2.68. The largest absolute Gasteiger partial charge is 0.545 e. The molecule has 0 saturated heterocycles. The summed E-state index contributed by atoms with van der Waals surface area (Å²) in [6.07, 6.45) is 3.44. The smallest absolute Gasteiger partial charge is 0.119 e. The predicted octanol–water partition coefficient (Wildman–Crippen LogP) is 2.25. The number of carbonyl (C=O) groups is 1. The zero-order valence-electron chi connectivity index (χ0n) is 13.7. The van der Waals surface area contributed by atoms with E-state index in [4.69, 9.17) is 4.74 Å². The SMILES string of the molecule is O=C([O-])c1ccc(NN(O)c2ccc(OCc3cccnc3)cc2)cc1. The number of carboxylic acid groups (broad SMARTS) is 1. The minimum Gasteiger partial charge on any atom is -0.545 e. The normalized spacial score (nSPS) is 10.2. The lowest BCUT2D eigenvalue weighted by Gasteiger charge is -2.19. The van der Waals surface area contributed by atoms with Crippen molar-refractivity contribution in [1.82, 2.24) is 4.98 Å². The molecule has 1 heterocycles. The molecule has 7 heteroatoms. The number of rotatable bonds is 7. The fourth-order valence-electron chi connectivity index (χ4n) is 2.20. The van der Waals surface area contributed by atoms with Crippen LogP contribution in [0.1, 0.15) is 15.9 Å². The van der Waals surface area contributed by atoms with Gasteiger partial charge in [0, 0.05) is 18.0 Å². The minimum atomic E-state index is -1.25. The van der Waals surface area contributed by atoms with Gasteiger partial charge in [-0.3, -0.25) is 15.6 Å². The molecular formula is C19H16N3O4-. The average molecular weight is 350 g/mol. The van der Waals surface area contributed by atoms with Gasteiger partial charge >= 0.3 is 0 Å². The topological polar surface area (TPSA) is 97.8 Å². The number of hydrazine groups is 1. The lowest BCUT2D eigenvalue weighted by Crippen LogP contribution is -2.25. The number of pyridine rings is 1. The first-order valence-corrected chi connectivity index (χ1v) is 7.80. The van der Waals surface area contributed by atoms with Gasteiger partial charge in [-0.05, 0) is 48.0 Å². The highest BCUT2D eigenvalue weighted by atomic mass is 16.5. The predicted molar refractivity (Wildman–Crippen MR) is 93.7 cm³/mol. The van der Waals surface area contributed by atoms with Gasteiger partial charge in [0.25, 0.3) is 0 Å². The summed E-state index contributed by atoms with van der Waals surface area (Å²) in [6, 6.07) is 16.4. The number of nitrogens with one attached hydrogen (secondary N) is 1. The van der Waals surface area contributed by atoms with Crippen LogP contribution in [0.25, 0.3) is 0 Å². The van der Waals surface area contributed by atoms with E-state index in [1.807, 2.05) is 12.1 Å². The van der Waals surface area contributed by atoms with E-state index in [0.29, 0.717) is 23.7 Å². The summed E-state index contributed by atoms with van der Waals surface area (Å²) < 4.78 is 5.66. The van der Waals surface area contributed by atoms with Crippen molar-refractivity contribution >= 4 is 17.3 Å². The minimum absolute atomic E-state index is 0.0650. The molecule has 132 valence electrons. The lowest BCUT2D eigenvalue weighted by atomic mass is 10.2. The Morgan fingerprint density at radius 3 is 2.46 bits per heavy atom. The summed E-state index contributed by atoms with van der Waals surface area (Å²) in [5, 5.41) is 21.7. The van der Waals surface area contributed by atoms with Gasteiger partial charge in [-0.25, -0.2) is 0 Å². The zero-order chi connectivity index (χ0) is 18.4. The molecule has 0 aliphatic carbocycles. The molecule has 0 fully saturated rings. The van der Waals surface area contributed by atoms with Crippen molar-refractivity contribution in [3.8, 4) is 5.75 Å². The van der Waals surface area contributed by atoms with Crippen molar-refractivity contribution in [1.29, 1.82) is 0 Å². The van der Waals surface area contributed by atoms with Crippen molar-refractivity contribution < 1.29 is 19.8 Å². The first-order chi connectivity index (χ1) is 12.6. The summed E-state index contributed by atoms with van der Waals surface area (Å²) >= 11 is 0. The molecule has 7 nitrogen and oxygen atoms in total. The molecule has 0 atom stereocenters. The third-order valence-corrected chi connectivity index (χ3v) is 3.57. The molecule has 2 aromatic carbocycles. The Morgan fingerprint density at radius 2 is 1.85 bits per heavy atom. The fourth-order valence-corrected chi connectivity index (χ4v) is 2.20. The van der Waals surface area contributed by atoms with Crippen LogP contribution in [0.2, 0.25) is 0 Å². The Morgan fingerprint density at radius 1 is 1.12 bits per heavy atom. The molecule has 3 aromatic rings. The molecule has 0 aliphatic rings. The highest BCUT2D eigenvalue weighted by Crippen LogP contribution is 2.20. The first kappa shape index (κ1) is 17.2. The highest BCUT2D eigenvalue weighted by molar-refractivity contribution is 5.86. The van der Waals surface area contributed by atoms with Gasteiger partial charge in [-0.2, -0.15) is 5.17 Å². The number of hydrogen-bond acceptors (Lipinski definition) is 7. The van der Waals surface area contributed by atoms with E-state index >= 15 is 0 Å². The van der Waals surface area contributed by atoms with Crippen LogP contribution in [0.4, 0.5) is 11.4 Å². The Labute approximate surface area is 150 Å². The van der Waals surface area contributed by atoms with Crippen LogP contribution in [0, 0.1) is 0 Å². The maximum absolute atomic E-state index is 10.7. The number of hydrogen-bond donors (Lipinski definition) is 2. The van der Waals surface area contributed by atoms with E-state index in [9.17, 15) is 15.1 Å². The van der Waals surface area contributed by atoms with Gasteiger partial charge in [0.2, 0.25) is 0 Å². The number of carbonyl (C=O) groups excluding carboxylic acids is 1. The second-order valence-corrected chi connectivity index (χ2v) is 5.43. The Bertz CT molecular complexity index is 852. The maximum Gasteiger partial charge on any atom is 0.119 e. The van der Waals surface area contributed by atoms with E-state index in [2.05, 4.69) is 10.4 Å². The van der Waals surface area contributed by atoms with Gasteiger partial charge in [-0.15, -0.1) is 0 Å². The van der Waals surface area contributed by atoms with Crippen molar-refractivity contribution in [2.45, 2.75) is 6.61 Å². The summed E-state index contributed by atoms with van der Waals surface area (Å²) in [6.45, 7) is 0.402. The van der Waals surface area contributed by atoms with Crippen LogP contribution in [-0.4, -0.2) is 16.2 Å². The number of anilines is 2. The van der Waals surface area contributed by atoms with Gasteiger partial charge in [-0.1, -0.05) is 18.2 Å². The van der Waals surface area contributed by atoms with Crippen LogP contribution < -0.4 is 20.4 Å². The number of ether oxygens (including phenoxy) is 1. The quantitative estimate of drug-likeness (QED) is 0.631. The second kappa shape index (κ2) is 8.00. The lowest BCUT2D eigenvalue weighted by molar-refractivity contribution is -0.255. The van der Waals surface area contributed by atoms with Gasteiger partial charge in [0.1, 0.15) is 12.4 Å². The first-order valence-electron chi connectivity index (χ1n) is 7.80. The Balaban J connectivity index is 1.57. The van der Waals surface area contributed by atoms with Crippen molar-refractivity contribution in [2.24, 2.45) is 0 Å². The second-order valence-electron chi connectivity index (χ2n) is 5.43. The molecule has 2 N–H and O–H groups in total. The summed E-state index contributed by atoms with van der Waals surface area (Å²) in [4.78, 5) is 14.8. The Kier molecular flexibility index (Phi) is 5.31. The fraction of sp³-hybridized carbons (Fsp3) is 0.0526. The van der Waals surface area contributed by atoms with Gasteiger partial charge < -0.3 is 14.6 Å². The van der Waals surface area contributed by atoms with Crippen LogP contribution in [-0.2, 0) is 6.61 Å². The molecule has 0 spiro atoms. The number of aromatic carboxylic acids is 1. The molecular weight excluding hydrogens is 334 g/mol. The molecule has 0 bridgehead atoms. The summed E-state index contributed by atoms with van der Waals surface area (Å²) in [5.74, 6) is -0.594. The van der Waals surface area contributed by atoms with Gasteiger partial charge in [0.15, 0.2) is 0 Å². The third kappa shape index (κ3) is 4.49. The molecule has 0 aliphatic heterocycles. The van der Waals surface area contributed by atoms with Crippen LogP contribution >= 0.6 is 0 Å². The molecule has 0 amide bonds. The molecule has 26 heavy (non-hydrogen) atoms.